The minimum Gasteiger partial charge on any atom is -0.496 e. The number of ether oxygens (including phenoxy) is 4. The van der Waals surface area contributed by atoms with Gasteiger partial charge in [-0.15, -0.1) is 0 Å². The van der Waals surface area contributed by atoms with Crippen LogP contribution in [0, 0.1) is 6.92 Å². The predicted molar refractivity (Wildman–Crippen MR) is 216 cm³/mol. The number of pyridine rings is 2. The molecule has 1 unspecified atom stereocenters. The Bertz CT molecular complexity index is 2150. The average Bonchev–Trinajstić information content (AvgIpc) is 3.19. The number of carbonyl (C=O) groups excluding carboxylic acids is 4. The molecular formula is C41H51N7O9. The molecule has 0 spiro atoms. The highest BCUT2D eigenvalue weighted by molar-refractivity contribution is 6.09. The van der Waals surface area contributed by atoms with Gasteiger partial charge in [0.25, 0.3) is 11.5 Å². The number of nitrogens with zero attached hydrogens (tertiary/aromatic N) is 5. The number of benzene rings is 2. The molecule has 2 aromatic carbocycles. The topological polar surface area (TPSA) is 174 Å². The van der Waals surface area contributed by atoms with Crippen LogP contribution >= 0.6 is 0 Å². The van der Waals surface area contributed by atoms with Crippen molar-refractivity contribution in [1.29, 1.82) is 0 Å². The zero-order valence-corrected chi connectivity index (χ0v) is 33.5. The number of methoxy groups -OCH3 is 2. The Morgan fingerprint density at radius 3 is 2.35 bits per heavy atom. The number of hydrogen-bond acceptors (Lipinski definition) is 13. The van der Waals surface area contributed by atoms with Gasteiger partial charge >= 0.3 is 0 Å². The lowest BCUT2D eigenvalue weighted by atomic mass is 9.98. The van der Waals surface area contributed by atoms with Crippen molar-refractivity contribution >= 4 is 46.4 Å². The van der Waals surface area contributed by atoms with Crippen molar-refractivity contribution in [3.63, 3.8) is 0 Å². The summed E-state index contributed by atoms with van der Waals surface area (Å²) in [6.45, 7) is 4.66. The number of carbonyl (C=O) groups is 4. The van der Waals surface area contributed by atoms with Gasteiger partial charge in [0.05, 0.1) is 57.2 Å². The minimum atomic E-state index is -1.06. The average molecular weight is 786 g/mol. The summed E-state index contributed by atoms with van der Waals surface area (Å²) < 4.78 is 24.7. The third-order valence-electron chi connectivity index (χ3n) is 9.72. The molecule has 0 aliphatic carbocycles. The lowest BCUT2D eigenvalue weighted by Crippen LogP contribution is -2.54. The SMILES string of the molecule is COc1cc(-c2cn(C)c(=O)c3cnc(N(C)CCOCCOCCNc4cccc(C)c4C(=O)N(C=O)C4CCC(=O)NC4=O)cc23)cc(OC)c1CN(C)C. The monoisotopic (exact) mass is 785 g/mol. The maximum Gasteiger partial charge on any atom is 0.263 e. The highest BCUT2D eigenvalue weighted by atomic mass is 16.5. The lowest BCUT2D eigenvalue weighted by molar-refractivity contribution is -0.139. The number of piperidine rings is 1. The van der Waals surface area contributed by atoms with Crippen LogP contribution in [0.1, 0.15) is 34.3 Å². The zero-order valence-electron chi connectivity index (χ0n) is 33.5. The maximum atomic E-state index is 13.5. The largest absolute Gasteiger partial charge is 0.496 e. The van der Waals surface area contributed by atoms with E-state index in [0.717, 1.165) is 27.0 Å². The third-order valence-corrected chi connectivity index (χ3v) is 9.72. The van der Waals surface area contributed by atoms with E-state index in [4.69, 9.17) is 18.9 Å². The van der Waals surface area contributed by atoms with Crippen LogP contribution in [0.5, 0.6) is 11.5 Å². The van der Waals surface area contributed by atoms with Gasteiger partial charge < -0.3 is 38.6 Å². The number of imide groups is 2. The molecule has 5 rings (SSSR count). The fraction of sp³-hybridized carbons (Fsp3) is 0.415. The first-order chi connectivity index (χ1) is 27.4. The maximum absolute atomic E-state index is 13.5. The van der Waals surface area contributed by atoms with E-state index < -0.39 is 23.8 Å². The van der Waals surface area contributed by atoms with Crippen molar-refractivity contribution in [2.24, 2.45) is 7.05 Å². The molecule has 0 radical (unpaired) electrons. The highest BCUT2D eigenvalue weighted by Gasteiger charge is 2.36. The molecule has 304 valence electrons. The molecule has 1 saturated heterocycles. The zero-order chi connectivity index (χ0) is 41.2. The molecule has 1 aliphatic heterocycles. The Labute approximate surface area is 331 Å². The summed E-state index contributed by atoms with van der Waals surface area (Å²) >= 11 is 0. The molecule has 2 aromatic heterocycles. The molecule has 1 atom stereocenters. The van der Waals surface area contributed by atoms with Crippen molar-refractivity contribution in [3.8, 4) is 22.6 Å². The standard InChI is InChI=1S/C41H51N7O9/c1-26-9-8-10-32(38(26)41(53)48(25-49)33-11-12-37(50)44-39(33)51)42-13-15-56-17-18-57-16-14-46(4)36-21-28-29(22-43-36)40(52)47(5)24-30(28)27-19-34(54-6)31(23-45(2)3)35(20-27)55-7/h8-10,19-22,24-25,33,42H,11-18,23H2,1-7H3,(H,44,50,51). The second-order valence-corrected chi connectivity index (χ2v) is 14.0. The first-order valence-electron chi connectivity index (χ1n) is 18.6. The third kappa shape index (κ3) is 9.94. The van der Waals surface area contributed by atoms with Gasteiger partial charge in [0.1, 0.15) is 23.4 Å². The Kier molecular flexibility index (Phi) is 14.4. The predicted octanol–water partition coefficient (Wildman–Crippen LogP) is 2.97. The molecule has 1 aliphatic rings. The van der Waals surface area contributed by atoms with Gasteiger partial charge in [0.15, 0.2) is 0 Å². The van der Waals surface area contributed by atoms with Crippen molar-refractivity contribution in [1.82, 2.24) is 24.7 Å². The van der Waals surface area contributed by atoms with Crippen LogP contribution in [0.3, 0.4) is 0 Å². The summed E-state index contributed by atoms with van der Waals surface area (Å²) in [6.07, 6.45) is 3.87. The smallest absolute Gasteiger partial charge is 0.263 e. The van der Waals surface area contributed by atoms with Crippen LogP contribution < -0.4 is 30.6 Å². The van der Waals surface area contributed by atoms with Crippen LogP contribution in [-0.4, -0.2) is 124 Å². The van der Waals surface area contributed by atoms with Crippen LogP contribution in [0.15, 0.2) is 53.6 Å². The van der Waals surface area contributed by atoms with Crippen molar-refractivity contribution < 1.29 is 38.1 Å². The van der Waals surface area contributed by atoms with Crippen molar-refractivity contribution in [2.45, 2.75) is 32.4 Å². The first kappa shape index (κ1) is 42.3. The molecular weight excluding hydrogens is 734 g/mol. The summed E-state index contributed by atoms with van der Waals surface area (Å²) in [7, 11) is 10.9. The number of anilines is 2. The van der Waals surface area contributed by atoms with E-state index in [1.807, 2.05) is 55.3 Å². The van der Waals surface area contributed by atoms with Gasteiger partial charge in [-0.2, -0.15) is 0 Å². The highest BCUT2D eigenvalue weighted by Crippen LogP contribution is 2.38. The van der Waals surface area contributed by atoms with E-state index in [1.54, 1.807) is 57.2 Å². The Morgan fingerprint density at radius 1 is 1.00 bits per heavy atom. The van der Waals surface area contributed by atoms with E-state index in [0.29, 0.717) is 86.4 Å². The molecule has 2 N–H and O–H groups in total. The van der Waals surface area contributed by atoms with Crippen molar-refractivity contribution in [3.05, 3.63) is 75.8 Å². The van der Waals surface area contributed by atoms with Crippen LogP contribution in [-0.2, 0) is 37.4 Å². The van der Waals surface area contributed by atoms with Crippen LogP contribution in [0.25, 0.3) is 21.9 Å². The van der Waals surface area contributed by atoms with Crippen LogP contribution in [0.4, 0.5) is 11.5 Å². The molecule has 16 heteroatoms. The Morgan fingerprint density at radius 2 is 1.70 bits per heavy atom. The Balaban J connectivity index is 1.14. The van der Waals surface area contributed by atoms with Gasteiger partial charge in [0.2, 0.25) is 18.2 Å². The number of fused-ring (bicyclic) bond motifs is 1. The first-order valence-corrected chi connectivity index (χ1v) is 18.6. The molecule has 0 bridgehead atoms. The molecule has 4 amide bonds. The molecule has 4 aromatic rings. The quantitative estimate of drug-likeness (QED) is 0.0808. The second-order valence-electron chi connectivity index (χ2n) is 14.0. The van der Waals surface area contributed by atoms with Gasteiger partial charge in [-0.25, -0.2) is 4.98 Å². The normalized spacial score (nSPS) is 14.1. The summed E-state index contributed by atoms with van der Waals surface area (Å²) in [4.78, 5) is 72.0. The molecule has 57 heavy (non-hydrogen) atoms. The van der Waals surface area contributed by atoms with Gasteiger partial charge in [0, 0.05) is 69.2 Å². The Hall–Kier alpha value is -5.84. The van der Waals surface area contributed by atoms with Gasteiger partial charge in [-0.1, -0.05) is 12.1 Å². The number of hydrogen-bond donors (Lipinski definition) is 2. The summed E-state index contributed by atoms with van der Waals surface area (Å²) in [5.74, 6) is 0.309. The summed E-state index contributed by atoms with van der Waals surface area (Å²) in [5.41, 5.74) is 3.82. The number of rotatable bonds is 19. The van der Waals surface area contributed by atoms with E-state index in [-0.39, 0.29) is 24.0 Å². The van der Waals surface area contributed by atoms with Crippen LogP contribution in [0.2, 0.25) is 0 Å². The summed E-state index contributed by atoms with van der Waals surface area (Å²) in [6, 6.07) is 10.0. The molecule has 3 heterocycles. The summed E-state index contributed by atoms with van der Waals surface area (Å²) in [5, 5.41) is 6.62. The van der Waals surface area contributed by atoms with Gasteiger partial charge in [-0.05, 0) is 62.8 Å². The number of likely N-dealkylation sites (N-methyl/N-ethyl adjacent to an activating group) is 1. The fourth-order valence-electron chi connectivity index (χ4n) is 6.73. The number of aromatic nitrogens is 2. The number of aryl methyl sites for hydroxylation is 2. The molecule has 1 fully saturated rings. The molecule has 0 saturated carbocycles. The van der Waals surface area contributed by atoms with E-state index >= 15 is 0 Å². The second kappa shape index (κ2) is 19.3. The number of amides is 4. The number of nitrogens with one attached hydrogen (secondary N) is 2. The van der Waals surface area contributed by atoms with E-state index in [2.05, 4.69) is 15.6 Å². The van der Waals surface area contributed by atoms with E-state index in [1.165, 1.54) is 0 Å². The lowest BCUT2D eigenvalue weighted by Gasteiger charge is -2.29. The minimum absolute atomic E-state index is 0.0391. The molecule has 16 nitrogen and oxygen atoms in total. The van der Waals surface area contributed by atoms with Gasteiger partial charge in [-0.3, -0.25) is 34.2 Å². The van der Waals surface area contributed by atoms with E-state index in [9.17, 15) is 24.0 Å². The van der Waals surface area contributed by atoms with Crippen molar-refractivity contribution in [2.75, 3.05) is 85.1 Å². The fourth-order valence-corrected chi connectivity index (χ4v) is 6.73.